The molecule has 3 rings (SSSR count). The molecule has 0 atom stereocenters. The largest absolute Gasteiger partial charge is 0.461 e. The maximum absolute atomic E-state index is 11.6. The van der Waals surface area contributed by atoms with Crippen LogP contribution in [0.25, 0.3) is 22.3 Å². The highest BCUT2D eigenvalue weighted by Crippen LogP contribution is 2.30. The van der Waals surface area contributed by atoms with E-state index in [0.29, 0.717) is 11.6 Å². The molecule has 3 heterocycles. The fourth-order valence-corrected chi connectivity index (χ4v) is 2.91. The van der Waals surface area contributed by atoms with Gasteiger partial charge >= 0.3 is 5.97 Å². The predicted octanol–water partition coefficient (Wildman–Crippen LogP) is 3.63. The second kappa shape index (κ2) is 5.34. The Labute approximate surface area is 127 Å². The minimum Gasteiger partial charge on any atom is -0.461 e. The van der Waals surface area contributed by atoms with E-state index in [-0.39, 0.29) is 5.97 Å². The van der Waals surface area contributed by atoms with Crippen LogP contribution in [0.15, 0.2) is 28.3 Å². The van der Waals surface area contributed by atoms with Crippen LogP contribution in [-0.4, -0.2) is 27.5 Å². The van der Waals surface area contributed by atoms with Gasteiger partial charge in [-0.2, -0.15) is 0 Å². The van der Waals surface area contributed by atoms with Gasteiger partial charge in [0.25, 0.3) is 0 Å². The number of thiazole rings is 1. The van der Waals surface area contributed by atoms with Gasteiger partial charge in [0.15, 0.2) is 0 Å². The molecule has 7 heteroatoms. The number of H-pyrrole nitrogens is 1. The number of halogens is 1. The van der Waals surface area contributed by atoms with Gasteiger partial charge in [-0.15, -0.1) is 11.3 Å². The number of carbonyl (C=O) groups excluding carboxylic acids is 1. The van der Waals surface area contributed by atoms with Crippen molar-refractivity contribution in [2.45, 2.75) is 6.92 Å². The molecule has 0 spiro atoms. The second-order valence-corrected chi connectivity index (χ2v) is 5.78. The number of ether oxygens (including phenoxy) is 1. The Morgan fingerprint density at radius 1 is 1.55 bits per heavy atom. The van der Waals surface area contributed by atoms with Gasteiger partial charge in [-0.25, -0.2) is 14.8 Å². The number of hydrogen-bond donors (Lipinski definition) is 1. The summed E-state index contributed by atoms with van der Waals surface area (Å²) >= 11 is 4.68. The van der Waals surface area contributed by atoms with E-state index in [2.05, 4.69) is 30.9 Å². The van der Waals surface area contributed by atoms with Crippen LogP contribution in [0.2, 0.25) is 0 Å². The summed E-state index contributed by atoms with van der Waals surface area (Å²) < 4.78 is 5.84. The highest BCUT2D eigenvalue weighted by atomic mass is 79.9. The monoisotopic (exact) mass is 351 g/mol. The first-order valence-corrected chi connectivity index (χ1v) is 7.62. The molecule has 0 fully saturated rings. The van der Waals surface area contributed by atoms with Crippen LogP contribution in [0.4, 0.5) is 0 Å². The molecule has 0 saturated heterocycles. The summed E-state index contributed by atoms with van der Waals surface area (Å²) in [7, 11) is 0. The van der Waals surface area contributed by atoms with Gasteiger partial charge in [0, 0.05) is 33.2 Å². The molecule has 0 aliphatic carbocycles. The van der Waals surface area contributed by atoms with E-state index in [4.69, 9.17) is 4.74 Å². The van der Waals surface area contributed by atoms with Crippen LogP contribution in [0.3, 0.4) is 0 Å². The Kier molecular flexibility index (Phi) is 3.54. The van der Waals surface area contributed by atoms with Gasteiger partial charge in [0.05, 0.1) is 12.3 Å². The molecule has 0 bridgehead atoms. The highest BCUT2D eigenvalue weighted by molar-refractivity contribution is 9.10. The zero-order valence-corrected chi connectivity index (χ0v) is 12.9. The van der Waals surface area contributed by atoms with E-state index in [1.807, 2.05) is 17.6 Å². The Bertz CT molecular complexity index is 781. The molecule has 0 aliphatic rings. The number of carbonyl (C=O) groups is 1. The van der Waals surface area contributed by atoms with Crippen molar-refractivity contribution in [2.24, 2.45) is 0 Å². The fraction of sp³-hybridized carbons (Fsp3) is 0.154. The first-order chi connectivity index (χ1) is 9.69. The van der Waals surface area contributed by atoms with Crippen molar-refractivity contribution in [2.75, 3.05) is 6.61 Å². The molecule has 5 nitrogen and oxygen atoms in total. The minimum atomic E-state index is -0.386. The Morgan fingerprint density at radius 2 is 2.40 bits per heavy atom. The standard InChI is InChI=1S/C13H10BrN3O2S/c1-2-19-13(18)12-17-10(6-20-12)9-5-16-11-8(9)3-7(14)4-15-11/h3-6H,2H2,1H3,(H,15,16). The molecule has 0 amide bonds. The lowest BCUT2D eigenvalue weighted by Crippen LogP contribution is -2.03. The SMILES string of the molecule is CCOC(=O)c1nc(-c2c[nH]c3ncc(Br)cc23)cs1. The number of hydrogen-bond acceptors (Lipinski definition) is 5. The molecule has 3 aromatic heterocycles. The number of aromatic amines is 1. The van der Waals surface area contributed by atoms with Crippen molar-refractivity contribution in [3.63, 3.8) is 0 Å². The second-order valence-electron chi connectivity index (χ2n) is 4.01. The summed E-state index contributed by atoms with van der Waals surface area (Å²) in [4.78, 5) is 23.3. The lowest BCUT2D eigenvalue weighted by atomic mass is 10.2. The van der Waals surface area contributed by atoms with E-state index >= 15 is 0 Å². The van der Waals surface area contributed by atoms with Crippen molar-refractivity contribution in [1.82, 2.24) is 15.0 Å². The molecule has 0 unspecified atom stereocenters. The van der Waals surface area contributed by atoms with Crippen molar-refractivity contribution in [3.05, 3.63) is 33.3 Å². The summed E-state index contributed by atoms with van der Waals surface area (Å²) in [5.41, 5.74) is 2.44. The third kappa shape index (κ3) is 2.34. The zero-order valence-electron chi connectivity index (χ0n) is 10.5. The maximum Gasteiger partial charge on any atom is 0.367 e. The van der Waals surface area contributed by atoms with Crippen LogP contribution >= 0.6 is 27.3 Å². The van der Waals surface area contributed by atoms with Gasteiger partial charge < -0.3 is 9.72 Å². The number of nitrogens with one attached hydrogen (secondary N) is 1. The molecule has 3 aromatic rings. The van der Waals surface area contributed by atoms with Crippen molar-refractivity contribution >= 4 is 44.3 Å². The maximum atomic E-state index is 11.6. The fourth-order valence-electron chi connectivity index (χ4n) is 1.87. The quantitative estimate of drug-likeness (QED) is 0.731. The van der Waals surface area contributed by atoms with E-state index < -0.39 is 0 Å². The number of aromatic nitrogens is 3. The molecule has 0 aromatic carbocycles. The van der Waals surface area contributed by atoms with Crippen molar-refractivity contribution in [3.8, 4) is 11.3 Å². The molecule has 1 N–H and O–H groups in total. The van der Waals surface area contributed by atoms with E-state index in [0.717, 1.165) is 26.8 Å². The topological polar surface area (TPSA) is 67.9 Å². The Balaban J connectivity index is 2.03. The van der Waals surface area contributed by atoms with Gasteiger partial charge in [0.2, 0.25) is 5.01 Å². The third-order valence-electron chi connectivity index (χ3n) is 2.73. The van der Waals surface area contributed by atoms with E-state index in [1.165, 1.54) is 11.3 Å². The van der Waals surface area contributed by atoms with Crippen LogP contribution in [0.1, 0.15) is 16.7 Å². The zero-order chi connectivity index (χ0) is 14.1. The molecule has 102 valence electrons. The number of rotatable bonds is 3. The predicted molar refractivity (Wildman–Crippen MR) is 80.9 cm³/mol. The van der Waals surface area contributed by atoms with Gasteiger partial charge in [-0.1, -0.05) is 0 Å². The summed E-state index contributed by atoms with van der Waals surface area (Å²) in [5.74, 6) is -0.386. The average Bonchev–Trinajstić information content (AvgIpc) is 3.04. The molecule has 0 radical (unpaired) electrons. The van der Waals surface area contributed by atoms with Crippen molar-refractivity contribution < 1.29 is 9.53 Å². The third-order valence-corrected chi connectivity index (χ3v) is 3.98. The number of nitrogens with zero attached hydrogens (tertiary/aromatic N) is 2. The number of fused-ring (bicyclic) bond motifs is 1. The normalized spacial score (nSPS) is 10.9. The Hall–Kier alpha value is -1.73. The Morgan fingerprint density at radius 3 is 3.20 bits per heavy atom. The first-order valence-electron chi connectivity index (χ1n) is 5.94. The van der Waals surface area contributed by atoms with Gasteiger partial charge in [-0.05, 0) is 28.9 Å². The molecule has 0 aliphatic heterocycles. The average molecular weight is 352 g/mol. The molecule has 20 heavy (non-hydrogen) atoms. The van der Waals surface area contributed by atoms with Gasteiger partial charge in [-0.3, -0.25) is 0 Å². The molecular weight excluding hydrogens is 342 g/mol. The van der Waals surface area contributed by atoms with Crippen LogP contribution in [0.5, 0.6) is 0 Å². The summed E-state index contributed by atoms with van der Waals surface area (Å²) in [6, 6.07) is 1.97. The summed E-state index contributed by atoms with van der Waals surface area (Å²) in [5, 5.41) is 3.16. The lowest BCUT2D eigenvalue weighted by molar-refractivity contribution is 0.0526. The van der Waals surface area contributed by atoms with Crippen molar-refractivity contribution in [1.29, 1.82) is 0 Å². The van der Waals surface area contributed by atoms with Crippen LogP contribution < -0.4 is 0 Å². The summed E-state index contributed by atoms with van der Waals surface area (Å²) in [6.45, 7) is 2.12. The molecule has 0 saturated carbocycles. The van der Waals surface area contributed by atoms with Crippen LogP contribution in [0, 0.1) is 0 Å². The smallest absolute Gasteiger partial charge is 0.367 e. The first kappa shape index (κ1) is 13.3. The van der Waals surface area contributed by atoms with Crippen LogP contribution in [-0.2, 0) is 4.74 Å². The van der Waals surface area contributed by atoms with E-state index in [1.54, 1.807) is 13.1 Å². The highest BCUT2D eigenvalue weighted by Gasteiger charge is 2.15. The lowest BCUT2D eigenvalue weighted by Gasteiger charge is -1.96. The van der Waals surface area contributed by atoms with E-state index in [9.17, 15) is 4.79 Å². The minimum absolute atomic E-state index is 0.345. The molecular formula is C13H10BrN3O2S. The number of pyridine rings is 1. The number of esters is 1. The summed E-state index contributed by atoms with van der Waals surface area (Å²) in [6.07, 6.45) is 3.57. The van der Waals surface area contributed by atoms with Gasteiger partial charge in [0.1, 0.15) is 5.65 Å².